The number of hydrogen-bond donors (Lipinski definition) is 3. The smallest absolute Gasteiger partial charge is 0.245 e. The van der Waals surface area contributed by atoms with Gasteiger partial charge in [-0.3, -0.25) is 19.2 Å². The first-order chi connectivity index (χ1) is 27.8. The molecule has 2 aromatic carbocycles. The maximum atomic E-state index is 14.8. The van der Waals surface area contributed by atoms with Crippen molar-refractivity contribution in [1.29, 1.82) is 0 Å². The molecule has 2 fully saturated rings. The van der Waals surface area contributed by atoms with Crippen LogP contribution in [-0.2, 0) is 32.1 Å². The minimum atomic E-state index is -0.677. The van der Waals surface area contributed by atoms with Crippen LogP contribution in [-0.4, -0.2) is 92.1 Å². The number of Topliss-reactive ketones (excluding diaryl/α,β-unsaturated/α-hetero) is 1. The first-order valence-electron chi connectivity index (χ1n) is 21.3. The lowest BCUT2D eigenvalue weighted by Crippen LogP contribution is -2.53. The number of likely N-dealkylation sites (N-methyl/N-ethyl adjacent to an activating group) is 1. The summed E-state index contributed by atoms with van der Waals surface area (Å²) in [7, 11) is 1.74. The van der Waals surface area contributed by atoms with Crippen LogP contribution in [0.4, 0.5) is 8.78 Å². The Morgan fingerprint density at radius 3 is 2.26 bits per heavy atom. The fourth-order valence-electron chi connectivity index (χ4n) is 8.86. The van der Waals surface area contributed by atoms with E-state index in [0.29, 0.717) is 67.0 Å². The summed E-state index contributed by atoms with van der Waals surface area (Å²) in [6, 6.07) is 7.73. The highest BCUT2D eigenvalue weighted by Gasteiger charge is 2.38. The third-order valence-electron chi connectivity index (χ3n) is 12.6. The fourth-order valence-corrected chi connectivity index (χ4v) is 8.86. The van der Waals surface area contributed by atoms with Gasteiger partial charge in [0, 0.05) is 66.9 Å². The van der Waals surface area contributed by atoms with Crippen molar-refractivity contribution in [2.45, 2.75) is 130 Å². The zero-order valence-corrected chi connectivity index (χ0v) is 35.2. The quantitative estimate of drug-likeness (QED) is 0.104. The van der Waals surface area contributed by atoms with Crippen LogP contribution in [0.2, 0.25) is 0 Å². The van der Waals surface area contributed by atoms with E-state index in [-0.39, 0.29) is 59.9 Å². The van der Waals surface area contributed by atoms with Crippen LogP contribution >= 0.6 is 0 Å². The van der Waals surface area contributed by atoms with Gasteiger partial charge in [-0.05, 0) is 101 Å². The number of nitrogens with zero attached hydrogens (tertiary/aromatic N) is 4. The number of likely N-dealkylation sites (tertiary alicyclic amines) is 2. The third kappa shape index (κ3) is 8.99. The van der Waals surface area contributed by atoms with Gasteiger partial charge in [-0.2, -0.15) is 0 Å². The summed E-state index contributed by atoms with van der Waals surface area (Å²) in [6.07, 6.45) is 5.81. The molecule has 2 saturated heterocycles. The Morgan fingerprint density at radius 2 is 1.59 bits per heavy atom. The molecule has 6 atom stereocenters. The molecule has 3 N–H and O–H groups in total. The summed E-state index contributed by atoms with van der Waals surface area (Å²) < 4.78 is 31.6. The zero-order valence-electron chi connectivity index (χ0n) is 35.2. The maximum Gasteiger partial charge on any atom is 0.245 e. The zero-order chi connectivity index (χ0) is 41.8. The molecule has 13 heteroatoms. The van der Waals surface area contributed by atoms with E-state index < -0.39 is 23.6 Å². The van der Waals surface area contributed by atoms with Crippen LogP contribution in [0.25, 0.3) is 33.5 Å². The molecule has 2 aromatic heterocycles. The van der Waals surface area contributed by atoms with Crippen molar-refractivity contribution >= 4 is 45.4 Å². The number of carbonyl (C=O) groups excluding carboxylic acids is 4. The Balaban J connectivity index is 1.38. The second kappa shape index (κ2) is 18.5. The van der Waals surface area contributed by atoms with Gasteiger partial charge in [-0.1, -0.05) is 41.0 Å². The van der Waals surface area contributed by atoms with Gasteiger partial charge in [0.25, 0.3) is 0 Å². The van der Waals surface area contributed by atoms with E-state index in [1.807, 2.05) is 55.9 Å². The average molecular weight is 802 g/mol. The summed E-state index contributed by atoms with van der Waals surface area (Å²) in [5.74, 6) is -1.32. The van der Waals surface area contributed by atoms with E-state index in [2.05, 4.69) is 15.6 Å². The summed E-state index contributed by atoms with van der Waals surface area (Å²) in [4.78, 5) is 66.8. The molecular weight excluding hydrogens is 741 g/mol. The highest BCUT2D eigenvalue weighted by molar-refractivity contribution is 5.93. The van der Waals surface area contributed by atoms with Crippen molar-refractivity contribution in [3.63, 3.8) is 0 Å². The minimum absolute atomic E-state index is 0.0119. The van der Waals surface area contributed by atoms with Gasteiger partial charge in [0.1, 0.15) is 23.5 Å². The summed E-state index contributed by atoms with van der Waals surface area (Å²) >= 11 is 0. The molecule has 11 nitrogen and oxygen atoms in total. The summed E-state index contributed by atoms with van der Waals surface area (Å²) in [6.45, 7) is 13.0. The van der Waals surface area contributed by atoms with Crippen molar-refractivity contribution in [3.8, 4) is 11.5 Å². The molecular formula is C45H61F2N7O4. The van der Waals surface area contributed by atoms with Gasteiger partial charge >= 0.3 is 0 Å². The van der Waals surface area contributed by atoms with E-state index in [1.54, 1.807) is 19.2 Å². The number of fused-ring (bicyclic) bond motifs is 2. The van der Waals surface area contributed by atoms with E-state index in [4.69, 9.17) is 4.98 Å². The predicted molar refractivity (Wildman–Crippen MR) is 223 cm³/mol. The molecule has 0 radical (unpaired) electrons. The Labute approximate surface area is 340 Å². The number of H-pyrrole nitrogens is 1. The number of halogens is 2. The molecule has 2 aliphatic rings. The van der Waals surface area contributed by atoms with E-state index in [1.165, 1.54) is 24.3 Å². The normalized spacial score (nSPS) is 19.3. The van der Waals surface area contributed by atoms with Gasteiger partial charge in [0.2, 0.25) is 17.7 Å². The number of ketones is 1. The highest BCUT2D eigenvalue weighted by Crippen LogP contribution is 2.37. The van der Waals surface area contributed by atoms with Crippen molar-refractivity contribution < 1.29 is 28.0 Å². The van der Waals surface area contributed by atoms with Crippen LogP contribution < -0.4 is 10.6 Å². The number of hydrogen-bond acceptors (Lipinski definition) is 6. The van der Waals surface area contributed by atoms with Gasteiger partial charge in [0.05, 0.1) is 22.8 Å². The van der Waals surface area contributed by atoms with Gasteiger partial charge in [-0.15, -0.1) is 0 Å². The van der Waals surface area contributed by atoms with E-state index in [0.717, 1.165) is 43.1 Å². The number of nitrogens with one attached hydrogen (secondary N) is 3. The molecule has 2 aliphatic heterocycles. The monoisotopic (exact) mass is 801 g/mol. The lowest BCUT2D eigenvalue weighted by atomic mass is 9.92. The summed E-state index contributed by atoms with van der Waals surface area (Å²) in [5.41, 5.74) is 3.24. The molecule has 0 unspecified atom stereocenters. The lowest BCUT2D eigenvalue weighted by Gasteiger charge is -2.32. The number of rotatable bonds is 17. The molecule has 4 heterocycles. The third-order valence-corrected chi connectivity index (χ3v) is 12.6. The SMILES string of the molecule is CCC[C@H](CC(=O)[C@H](C)NC)C(=O)N1CCC[C@H]1Cc1c(-c2nc3cc(F)ccc3n2C[C@@H]2CCCN2C(=O)[C@@H](NC(=O)[C@H](C)CC)C(C)C)[nH]c2cc(F)ccc12. The van der Waals surface area contributed by atoms with Crippen LogP contribution in [0, 0.1) is 29.4 Å². The van der Waals surface area contributed by atoms with Crippen LogP contribution in [0.5, 0.6) is 0 Å². The van der Waals surface area contributed by atoms with Crippen LogP contribution in [0.3, 0.4) is 0 Å². The van der Waals surface area contributed by atoms with Crippen LogP contribution in [0.1, 0.15) is 98.5 Å². The Bertz CT molecular complexity index is 2130. The Kier molecular flexibility index (Phi) is 13.7. The molecule has 314 valence electrons. The molecule has 0 aliphatic carbocycles. The fraction of sp³-hybridized carbons (Fsp3) is 0.578. The number of benzene rings is 2. The average Bonchev–Trinajstić information content (AvgIpc) is 4.01. The lowest BCUT2D eigenvalue weighted by molar-refractivity contribution is -0.139. The molecule has 3 amide bonds. The largest absolute Gasteiger partial charge is 0.352 e. The Morgan fingerprint density at radius 1 is 0.914 bits per heavy atom. The number of carbonyl (C=O) groups is 4. The molecule has 0 spiro atoms. The number of aromatic nitrogens is 3. The molecule has 6 rings (SSSR count). The van der Waals surface area contributed by atoms with Crippen molar-refractivity contribution in [3.05, 3.63) is 53.6 Å². The standard InChI is InChI=1S/C45H61F2N7O4/c1-8-12-29(21-39(55)28(6)48-7)44(57)52-19-10-13-32(52)24-35-34-17-15-30(46)22-36(34)49-41(35)42-50-37-23-31(47)16-18-38(37)54(42)25-33-14-11-20-53(33)45(58)40(26(3)4)51-43(56)27(5)9-2/h15-18,22-23,26-29,32-33,40,48-49H,8-14,19-21,24-25H2,1-7H3,(H,51,56)/t27-,28+,29-,32+,33+,40+/m1/s1. The second-order valence-electron chi connectivity index (χ2n) is 16.9. The van der Waals surface area contributed by atoms with E-state index >= 15 is 0 Å². The number of imidazole rings is 1. The predicted octanol–water partition coefficient (Wildman–Crippen LogP) is 7.16. The van der Waals surface area contributed by atoms with Gasteiger partial charge in [0.15, 0.2) is 5.82 Å². The van der Waals surface area contributed by atoms with E-state index in [9.17, 15) is 28.0 Å². The molecule has 0 bridgehead atoms. The molecule has 4 aromatic rings. The topological polar surface area (TPSA) is 132 Å². The Hall–Kier alpha value is -4.65. The highest BCUT2D eigenvalue weighted by atomic mass is 19.1. The van der Waals surface area contributed by atoms with Gasteiger partial charge < -0.3 is 30.0 Å². The number of amides is 3. The first-order valence-corrected chi connectivity index (χ1v) is 21.3. The van der Waals surface area contributed by atoms with Crippen molar-refractivity contribution in [2.75, 3.05) is 20.1 Å². The maximum absolute atomic E-state index is 14.8. The first kappa shape index (κ1) is 42.9. The number of aromatic amines is 1. The van der Waals surface area contributed by atoms with Crippen molar-refractivity contribution in [2.24, 2.45) is 17.8 Å². The molecule has 58 heavy (non-hydrogen) atoms. The summed E-state index contributed by atoms with van der Waals surface area (Å²) in [5, 5.41) is 6.83. The second-order valence-corrected chi connectivity index (χ2v) is 16.9. The van der Waals surface area contributed by atoms with Gasteiger partial charge in [-0.25, -0.2) is 13.8 Å². The minimum Gasteiger partial charge on any atom is -0.352 e. The van der Waals surface area contributed by atoms with Crippen molar-refractivity contribution in [1.82, 2.24) is 35.0 Å². The van der Waals surface area contributed by atoms with Crippen LogP contribution in [0.15, 0.2) is 36.4 Å². The molecule has 0 saturated carbocycles.